The molecule has 1 aromatic carbocycles. The quantitative estimate of drug-likeness (QED) is 0.501. The molecule has 0 aliphatic rings. The van der Waals surface area contributed by atoms with Crippen LogP contribution in [0.15, 0.2) is 24.4 Å². The second kappa shape index (κ2) is 3.80. The van der Waals surface area contributed by atoms with Crippen LogP contribution in [0.4, 0.5) is 0 Å². The lowest BCUT2D eigenvalue weighted by atomic mass is 10.2. The first-order valence-corrected chi connectivity index (χ1v) is 8.91. The molecule has 0 fully saturated rings. The van der Waals surface area contributed by atoms with Crippen molar-refractivity contribution in [2.45, 2.75) is 19.6 Å². The van der Waals surface area contributed by atoms with Crippen LogP contribution in [-0.4, -0.2) is 17.9 Å². The van der Waals surface area contributed by atoms with Gasteiger partial charge < -0.3 is 0 Å². The molecule has 0 unspecified atom stereocenters. The van der Waals surface area contributed by atoms with E-state index in [-0.39, 0.29) is 0 Å². The van der Waals surface area contributed by atoms with Crippen molar-refractivity contribution in [3.63, 3.8) is 0 Å². The molecule has 0 saturated carbocycles. The van der Waals surface area contributed by atoms with Crippen LogP contribution in [0.3, 0.4) is 0 Å². The van der Waals surface area contributed by atoms with E-state index in [4.69, 9.17) is 0 Å². The van der Waals surface area contributed by atoms with Crippen molar-refractivity contribution in [3.8, 4) is 11.5 Å². The third-order valence-corrected chi connectivity index (χ3v) is 3.20. The van der Waals surface area contributed by atoms with Crippen LogP contribution >= 0.6 is 0 Å². The molecule has 0 atom stereocenters. The highest BCUT2D eigenvalue weighted by Crippen LogP contribution is 2.14. The van der Waals surface area contributed by atoms with E-state index in [2.05, 4.69) is 54.4 Å². The first-order chi connectivity index (χ1) is 7.46. The predicted molar refractivity (Wildman–Crippen MR) is 70.9 cm³/mol. The molecule has 1 aromatic heterocycles. The number of benzene rings is 1. The van der Waals surface area contributed by atoms with Gasteiger partial charge in [-0.15, -0.1) is 5.54 Å². The van der Waals surface area contributed by atoms with Crippen molar-refractivity contribution in [1.82, 2.24) is 9.78 Å². The summed E-state index contributed by atoms with van der Waals surface area (Å²) in [6.45, 7) is 6.76. The first kappa shape index (κ1) is 11.0. The Morgan fingerprint density at radius 3 is 2.69 bits per heavy atom. The van der Waals surface area contributed by atoms with E-state index >= 15 is 0 Å². The third kappa shape index (κ3) is 2.34. The number of hydrogen-bond donors (Lipinski definition) is 0. The molecule has 0 aliphatic carbocycles. The van der Waals surface area contributed by atoms with Gasteiger partial charge in [0.05, 0.1) is 11.7 Å². The summed E-state index contributed by atoms with van der Waals surface area (Å²) in [6.07, 6.45) is 1.88. The topological polar surface area (TPSA) is 17.8 Å². The summed E-state index contributed by atoms with van der Waals surface area (Å²) in [4.78, 5) is 0. The molecule has 0 radical (unpaired) electrons. The van der Waals surface area contributed by atoms with Crippen LogP contribution in [-0.2, 0) is 7.05 Å². The Bertz CT molecular complexity index is 579. The lowest BCUT2D eigenvalue weighted by Crippen LogP contribution is -2.16. The monoisotopic (exact) mass is 228 g/mol. The predicted octanol–water partition coefficient (Wildman–Crippen LogP) is 2.80. The van der Waals surface area contributed by atoms with Crippen LogP contribution in [0.25, 0.3) is 10.9 Å². The Balaban J connectivity index is 2.43. The molecule has 1 heterocycles. The van der Waals surface area contributed by atoms with Crippen molar-refractivity contribution in [3.05, 3.63) is 30.0 Å². The van der Waals surface area contributed by atoms with E-state index in [0.717, 1.165) is 16.5 Å². The SMILES string of the molecule is Cn1ncc2cc(C#C[Si](C)(C)C)ccc21. The van der Waals surface area contributed by atoms with Gasteiger partial charge in [0, 0.05) is 18.0 Å². The molecular formula is C13H16N2Si. The fourth-order valence-electron chi connectivity index (χ4n) is 1.50. The Kier molecular flexibility index (Phi) is 2.61. The number of aryl methyl sites for hydroxylation is 1. The van der Waals surface area contributed by atoms with Crippen molar-refractivity contribution in [2.75, 3.05) is 0 Å². The van der Waals surface area contributed by atoms with Gasteiger partial charge in [0.2, 0.25) is 0 Å². The second-order valence-electron chi connectivity index (χ2n) is 5.04. The van der Waals surface area contributed by atoms with Crippen LogP contribution in [0, 0.1) is 11.5 Å². The summed E-state index contributed by atoms with van der Waals surface area (Å²) < 4.78 is 1.88. The summed E-state index contributed by atoms with van der Waals surface area (Å²) in [6, 6.07) is 6.25. The number of fused-ring (bicyclic) bond motifs is 1. The Hall–Kier alpha value is -1.53. The zero-order valence-electron chi connectivity index (χ0n) is 10.2. The molecule has 2 nitrogen and oxygen atoms in total. The average molecular weight is 228 g/mol. The number of aromatic nitrogens is 2. The van der Waals surface area contributed by atoms with Crippen molar-refractivity contribution in [1.29, 1.82) is 0 Å². The molecule has 3 heteroatoms. The molecule has 0 aliphatic heterocycles. The zero-order chi connectivity index (χ0) is 11.8. The van der Waals surface area contributed by atoms with Crippen LogP contribution in [0.5, 0.6) is 0 Å². The van der Waals surface area contributed by atoms with Crippen molar-refractivity contribution >= 4 is 19.0 Å². The van der Waals surface area contributed by atoms with Crippen molar-refractivity contribution < 1.29 is 0 Å². The molecule has 0 saturated heterocycles. The Labute approximate surface area is 97.3 Å². The standard InChI is InChI=1S/C13H16N2Si/c1-15-13-6-5-11(7-8-16(2,3)4)9-12(13)10-14-15/h5-6,9-10H,1-4H3. The van der Waals surface area contributed by atoms with Gasteiger partial charge in [-0.1, -0.05) is 25.6 Å². The first-order valence-electron chi connectivity index (χ1n) is 5.41. The molecule has 2 rings (SSSR count). The van der Waals surface area contributed by atoms with Gasteiger partial charge in [-0.2, -0.15) is 5.10 Å². The third-order valence-electron chi connectivity index (χ3n) is 2.33. The number of nitrogens with zero attached hydrogens (tertiary/aromatic N) is 2. The van der Waals surface area contributed by atoms with E-state index < -0.39 is 8.07 Å². The van der Waals surface area contributed by atoms with E-state index in [1.165, 1.54) is 0 Å². The lowest BCUT2D eigenvalue weighted by Gasteiger charge is -2.03. The minimum Gasteiger partial charge on any atom is -0.268 e. The smallest absolute Gasteiger partial charge is 0.129 e. The van der Waals surface area contributed by atoms with E-state index in [1.54, 1.807) is 0 Å². The molecule has 2 aromatic rings. The van der Waals surface area contributed by atoms with E-state index in [1.807, 2.05) is 17.9 Å². The lowest BCUT2D eigenvalue weighted by molar-refractivity contribution is 0.797. The summed E-state index contributed by atoms with van der Waals surface area (Å²) in [5.74, 6) is 3.26. The highest BCUT2D eigenvalue weighted by atomic mass is 28.3. The van der Waals surface area contributed by atoms with Gasteiger partial charge in [-0.3, -0.25) is 4.68 Å². The molecule has 0 amide bonds. The van der Waals surface area contributed by atoms with Gasteiger partial charge in [0.25, 0.3) is 0 Å². The average Bonchev–Trinajstić information content (AvgIpc) is 2.56. The normalized spacial score (nSPS) is 11.2. The highest BCUT2D eigenvalue weighted by Gasteiger charge is 2.07. The summed E-state index contributed by atoms with van der Waals surface area (Å²) >= 11 is 0. The van der Waals surface area contributed by atoms with Crippen LogP contribution in [0.2, 0.25) is 19.6 Å². The maximum Gasteiger partial charge on any atom is 0.129 e. The molecule has 82 valence electrons. The summed E-state index contributed by atoms with van der Waals surface area (Å²) in [5.41, 5.74) is 5.61. The van der Waals surface area contributed by atoms with Gasteiger partial charge in [-0.05, 0) is 18.2 Å². The van der Waals surface area contributed by atoms with Crippen molar-refractivity contribution in [2.24, 2.45) is 7.05 Å². The maximum atomic E-state index is 4.22. The minimum atomic E-state index is -1.28. The number of rotatable bonds is 0. The van der Waals surface area contributed by atoms with Crippen LogP contribution in [0.1, 0.15) is 5.56 Å². The fourth-order valence-corrected chi connectivity index (χ4v) is 2.02. The molecule has 0 N–H and O–H groups in total. The van der Waals surface area contributed by atoms with Gasteiger partial charge in [0.15, 0.2) is 0 Å². The van der Waals surface area contributed by atoms with E-state index in [0.29, 0.717) is 0 Å². The number of hydrogen-bond acceptors (Lipinski definition) is 1. The molecule has 0 spiro atoms. The molecule has 0 bridgehead atoms. The molecule has 16 heavy (non-hydrogen) atoms. The molecular weight excluding hydrogens is 212 g/mol. The Morgan fingerprint density at radius 2 is 2.00 bits per heavy atom. The highest BCUT2D eigenvalue weighted by molar-refractivity contribution is 6.83. The zero-order valence-corrected chi connectivity index (χ0v) is 11.2. The fraction of sp³-hybridized carbons (Fsp3) is 0.308. The Morgan fingerprint density at radius 1 is 1.25 bits per heavy atom. The summed E-state index contributed by atoms with van der Waals surface area (Å²) in [5, 5.41) is 5.38. The summed E-state index contributed by atoms with van der Waals surface area (Å²) in [7, 11) is 0.670. The van der Waals surface area contributed by atoms with E-state index in [9.17, 15) is 0 Å². The van der Waals surface area contributed by atoms with Gasteiger partial charge in [0.1, 0.15) is 8.07 Å². The second-order valence-corrected chi connectivity index (χ2v) is 9.79. The van der Waals surface area contributed by atoms with Gasteiger partial charge >= 0.3 is 0 Å². The van der Waals surface area contributed by atoms with Gasteiger partial charge in [-0.25, -0.2) is 0 Å². The van der Waals surface area contributed by atoms with Crippen LogP contribution < -0.4 is 0 Å². The largest absolute Gasteiger partial charge is 0.268 e. The minimum absolute atomic E-state index is 1.09. The maximum absolute atomic E-state index is 4.22.